The van der Waals surface area contributed by atoms with E-state index in [4.69, 9.17) is 5.26 Å². The zero-order chi connectivity index (χ0) is 21.6. The maximum absolute atomic E-state index is 12.7. The van der Waals surface area contributed by atoms with Gasteiger partial charge in [-0.15, -0.1) is 11.3 Å². The molecule has 8 heteroatoms. The Kier molecular flexibility index (Phi) is 6.24. The average molecular weight is 432 g/mol. The van der Waals surface area contributed by atoms with Crippen LogP contribution >= 0.6 is 11.3 Å². The minimum atomic E-state index is -0.165. The number of hydrogen-bond acceptors (Lipinski definition) is 6. The number of nitriles is 1. The molecule has 4 rings (SSSR count). The third kappa shape index (κ3) is 5.08. The van der Waals surface area contributed by atoms with E-state index in [0.717, 1.165) is 31.7 Å². The van der Waals surface area contributed by atoms with E-state index in [9.17, 15) is 9.59 Å². The Morgan fingerprint density at radius 3 is 2.48 bits per heavy atom. The first kappa shape index (κ1) is 20.6. The van der Waals surface area contributed by atoms with E-state index in [-0.39, 0.29) is 17.7 Å². The molecule has 156 valence electrons. The Hall–Kier alpha value is -3.70. The van der Waals surface area contributed by atoms with E-state index in [1.807, 2.05) is 23.6 Å². The van der Waals surface area contributed by atoms with Gasteiger partial charge in [0.05, 0.1) is 10.4 Å². The molecule has 0 spiro atoms. The molecule has 2 aromatic heterocycles. The van der Waals surface area contributed by atoms with Gasteiger partial charge in [-0.25, -0.2) is 4.98 Å². The lowest BCUT2D eigenvalue weighted by molar-refractivity contribution is -0.120. The Morgan fingerprint density at radius 1 is 1.06 bits per heavy atom. The second-order valence-electron chi connectivity index (χ2n) is 7.28. The SMILES string of the molecule is N#Cc1ccc(N2CCC(C(=O)Nc3cccc(NC(=O)c4cccs4)c3)CC2)nc1. The molecule has 0 unspecified atom stereocenters. The number of thiophene rings is 1. The quantitative estimate of drug-likeness (QED) is 0.633. The summed E-state index contributed by atoms with van der Waals surface area (Å²) in [5, 5.41) is 16.6. The number of nitrogens with zero attached hydrogens (tertiary/aromatic N) is 3. The van der Waals surface area contributed by atoms with Gasteiger partial charge in [-0.05, 0) is 54.6 Å². The molecule has 0 radical (unpaired) electrons. The summed E-state index contributed by atoms with van der Waals surface area (Å²) in [5.41, 5.74) is 1.83. The summed E-state index contributed by atoms with van der Waals surface area (Å²) in [6.07, 6.45) is 3.02. The number of aromatic nitrogens is 1. The number of carbonyl (C=O) groups is 2. The van der Waals surface area contributed by atoms with Crippen LogP contribution in [-0.2, 0) is 4.79 Å². The van der Waals surface area contributed by atoms with Crippen molar-refractivity contribution in [3.8, 4) is 6.07 Å². The van der Waals surface area contributed by atoms with Crippen molar-refractivity contribution >= 4 is 40.3 Å². The van der Waals surface area contributed by atoms with Crippen LogP contribution in [0.25, 0.3) is 0 Å². The molecule has 0 bridgehead atoms. The number of hydrogen-bond donors (Lipinski definition) is 2. The summed E-state index contributed by atoms with van der Waals surface area (Å²) in [6.45, 7) is 1.46. The number of nitrogens with one attached hydrogen (secondary N) is 2. The summed E-state index contributed by atoms with van der Waals surface area (Å²) >= 11 is 1.38. The maximum atomic E-state index is 12.7. The second kappa shape index (κ2) is 9.41. The number of anilines is 3. The largest absolute Gasteiger partial charge is 0.357 e. The molecule has 2 amide bonds. The van der Waals surface area contributed by atoms with Gasteiger partial charge in [0.2, 0.25) is 5.91 Å². The monoisotopic (exact) mass is 431 g/mol. The fourth-order valence-corrected chi connectivity index (χ4v) is 4.15. The van der Waals surface area contributed by atoms with E-state index in [2.05, 4.69) is 26.6 Å². The van der Waals surface area contributed by atoms with Crippen LogP contribution in [0.2, 0.25) is 0 Å². The van der Waals surface area contributed by atoms with Gasteiger partial charge in [0.25, 0.3) is 5.91 Å². The van der Waals surface area contributed by atoms with Crippen LogP contribution in [0.3, 0.4) is 0 Å². The summed E-state index contributed by atoms with van der Waals surface area (Å²) in [6, 6.07) is 16.4. The van der Waals surface area contributed by atoms with Crippen LogP contribution in [0.4, 0.5) is 17.2 Å². The molecule has 1 fully saturated rings. The molecule has 3 heterocycles. The molecule has 0 atom stereocenters. The molecule has 3 aromatic rings. The van der Waals surface area contributed by atoms with Crippen LogP contribution in [0.15, 0.2) is 60.1 Å². The van der Waals surface area contributed by atoms with Crippen molar-refractivity contribution in [2.75, 3.05) is 28.6 Å². The third-order valence-corrected chi connectivity index (χ3v) is 6.07. The van der Waals surface area contributed by atoms with Crippen molar-refractivity contribution < 1.29 is 9.59 Å². The highest BCUT2D eigenvalue weighted by molar-refractivity contribution is 7.12. The number of carbonyl (C=O) groups excluding carboxylic acids is 2. The fraction of sp³-hybridized carbons (Fsp3) is 0.217. The van der Waals surface area contributed by atoms with Gasteiger partial charge >= 0.3 is 0 Å². The first-order chi connectivity index (χ1) is 15.1. The standard InChI is InChI=1S/C23H21N5O2S/c24-14-16-6-7-21(25-15-16)28-10-8-17(9-11-28)22(29)26-18-3-1-4-19(13-18)27-23(30)20-5-2-12-31-20/h1-7,12-13,15,17H,8-11H2,(H,26,29)(H,27,30). The fourth-order valence-electron chi connectivity index (χ4n) is 3.53. The van der Waals surface area contributed by atoms with Crippen LogP contribution in [0.1, 0.15) is 28.1 Å². The van der Waals surface area contributed by atoms with Gasteiger partial charge < -0.3 is 15.5 Å². The predicted octanol–water partition coefficient (Wildman–Crippen LogP) is 4.12. The number of amides is 2. The Labute approximate surface area is 184 Å². The molecule has 1 aliphatic heterocycles. The molecule has 1 aliphatic rings. The molecule has 1 saturated heterocycles. The van der Waals surface area contributed by atoms with Crippen LogP contribution in [0, 0.1) is 17.2 Å². The minimum absolute atomic E-state index is 0.0193. The van der Waals surface area contributed by atoms with Gasteiger partial charge in [0.15, 0.2) is 0 Å². The summed E-state index contributed by atoms with van der Waals surface area (Å²) in [7, 11) is 0. The van der Waals surface area contributed by atoms with E-state index in [1.165, 1.54) is 11.3 Å². The zero-order valence-electron chi connectivity index (χ0n) is 16.7. The Bertz CT molecular complexity index is 1100. The Morgan fingerprint density at radius 2 is 1.84 bits per heavy atom. The second-order valence-corrected chi connectivity index (χ2v) is 8.23. The Balaban J connectivity index is 1.31. The van der Waals surface area contributed by atoms with Gasteiger partial charge in [0.1, 0.15) is 11.9 Å². The van der Waals surface area contributed by atoms with Gasteiger partial charge in [-0.1, -0.05) is 12.1 Å². The highest BCUT2D eigenvalue weighted by Crippen LogP contribution is 2.24. The molecular weight excluding hydrogens is 410 g/mol. The lowest BCUT2D eigenvalue weighted by Crippen LogP contribution is -2.38. The number of piperidine rings is 1. The van der Waals surface area contributed by atoms with Gasteiger partial charge in [-0.2, -0.15) is 5.26 Å². The lowest BCUT2D eigenvalue weighted by atomic mass is 9.95. The van der Waals surface area contributed by atoms with E-state index < -0.39 is 0 Å². The predicted molar refractivity (Wildman–Crippen MR) is 121 cm³/mol. The summed E-state index contributed by atoms with van der Waals surface area (Å²) in [5.74, 6) is 0.558. The minimum Gasteiger partial charge on any atom is -0.357 e. The highest BCUT2D eigenvalue weighted by atomic mass is 32.1. The topological polar surface area (TPSA) is 98.1 Å². The molecule has 0 saturated carbocycles. The summed E-state index contributed by atoms with van der Waals surface area (Å²) in [4.78, 5) is 32.1. The van der Waals surface area contributed by atoms with Crippen molar-refractivity contribution in [3.63, 3.8) is 0 Å². The van der Waals surface area contributed by atoms with E-state index in [1.54, 1.807) is 36.5 Å². The maximum Gasteiger partial charge on any atom is 0.265 e. The van der Waals surface area contributed by atoms with Crippen molar-refractivity contribution in [3.05, 3.63) is 70.5 Å². The first-order valence-electron chi connectivity index (χ1n) is 9.99. The third-order valence-electron chi connectivity index (χ3n) is 5.20. The zero-order valence-corrected chi connectivity index (χ0v) is 17.6. The number of benzene rings is 1. The highest BCUT2D eigenvalue weighted by Gasteiger charge is 2.25. The molecule has 31 heavy (non-hydrogen) atoms. The van der Waals surface area contributed by atoms with Crippen molar-refractivity contribution in [2.24, 2.45) is 5.92 Å². The first-order valence-corrected chi connectivity index (χ1v) is 10.9. The van der Waals surface area contributed by atoms with Crippen molar-refractivity contribution in [1.82, 2.24) is 4.98 Å². The molecule has 1 aromatic carbocycles. The lowest BCUT2D eigenvalue weighted by Gasteiger charge is -2.32. The summed E-state index contributed by atoms with van der Waals surface area (Å²) < 4.78 is 0. The van der Waals surface area contributed by atoms with Gasteiger partial charge in [-0.3, -0.25) is 9.59 Å². The van der Waals surface area contributed by atoms with Crippen LogP contribution < -0.4 is 15.5 Å². The van der Waals surface area contributed by atoms with Crippen molar-refractivity contribution in [1.29, 1.82) is 5.26 Å². The smallest absolute Gasteiger partial charge is 0.265 e. The van der Waals surface area contributed by atoms with Crippen LogP contribution in [-0.4, -0.2) is 29.9 Å². The molecule has 2 N–H and O–H groups in total. The molecule has 7 nitrogen and oxygen atoms in total. The van der Waals surface area contributed by atoms with Gasteiger partial charge in [0, 0.05) is 36.6 Å². The van der Waals surface area contributed by atoms with E-state index >= 15 is 0 Å². The van der Waals surface area contributed by atoms with Crippen LogP contribution in [0.5, 0.6) is 0 Å². The number of pyridine rings is 1. The molecule has 0 aliphatic carbocycles. The molecular formula is C23H21N5O2S. The van der Waals surface area contributed by atoms with Crippen molar-refractivity contribution in [2.45, 2.75) is 12.8 Å². The number of rotatable bonds is 5. The average Bonchev–Trinajstić information content (AvgIpc) is 3.35. The normalized spacial score (nSPS) is 14.0. The van der Waals surface area contributed by atoms with E-state index in [0.29, 0.717) is 21.8 Å².